The van der Waals surface area contributed by atoms with E-state index in [1.807, 2.05) is 0 Å². The molecule has 3 heteroatoms. The van der Waals surface area contributed by atoms with E-state index in [2.05, 4.69) is 43.2 Å². The zero-order chi connectivity index (χ0) is 12.5. The minimum Gasteiger partial charge on any atom is -0.315 e. The highest BCUT2D eigenvalue weighted by Crippen LogP contribution is 2.37. The molecule has 2 atom stereocenters. The molecule has 1 heterocycles. The maximum atomic E-state index is 3.54. The summed E-state index contributed by atoms with van der Waals surface area (Å²) in [5.74, 6) is 0.834. The van der Waals surface area contributed by atoms with Gasteiger partial charge in [0.2, 0.25) is 0 Å². The average Bonchev–Trinajstić information content (AvgIpc) is 2.23. The zero-order valence-electron chi connectivity index (χ0n) is 12.0. The van der Waals surface area contributed by atoms with Gasteiger partial charge in [-0.05, 0) is 59.3 Å². The monoisotopic (exact) mass is 239 g/mol. The number of likely N-dealkylation sites (N-methyl/N-ethyl adjacent to an activating group) is 2. The summed E-state index contributed by atoms with van der Waals surface area (Å²) in [4.78, 5) is 5.06. The highest BCUT2D eigenvalue weighted by molar-refractivity contribution is 4.99. The molecule has 1 saturated heterocycles. The summed E-state index contributed by atoms with van der Waals surface area (Å²) in [7, 11) is 6.81. The van der Waals surface area contributed by atoms with Crippen molar-refractivity contribution >= 4 is 0 Å². The molecule has 2 rings (SSSR count). The lowest BCUT2D eigenvalue weighted by Crippen LogP contribution is -2.60. The Bertz CT molecular complexity index is 248. The molecule has 1 saturated carbocycles. The van der Waals surface area contributed by atoms with Crippen molar-refractivity contribution in [3.8, 4) is 0 Å². The molecular weight excluding hydrogens is 210 g/mol. The van der Waals surface area contributed by atoms with E-state index >= 15 is 0 Å². The molecule has 0 aromatic carbocycles. The van der Waals surface area contributed by atoms with Crippen molar-refractivity contribution < 1.29 is 0 Å². The Hall–Kier alpha value is -0.120. The van der Waals surface area contributed by atoms with Gasteiger partial charge in [-0.3, -0.25) is 0 Å². The van der Waals surface area contributed by atoms with E-state index in [0.29, 0.717) is 5.54 Å². The summed E-state index contributed by atoms with van der Waals surface area (Å²) in [5, 5.41) is 3.54. The fourth-order valence-corrected chi connectivity index (χ4v) is 3.48. The van der Waals surface area contributed by atoms with E-state index in [-0.39, 0.29) is 0 Å². The van der Waals surface area contributed by atoms with E-state index in [1.54, 1.807) is 0 Å². The Kier molecular flexibility index (Phi) is 4.11. The maximum absolute atomic E-state index is 3.54. The van der Waals surface area contributed by atoms with Gasteiger partial charge in [0.05, 0.1) is 0 Å². The van der Waals surface area contributed by atoms with Gasteiger partial charge in [0.1, 0.15) is 0 Å². The van der Waals surface area contributed by atoms with E-state index in [4.69, 9.17) is 0 Å². The van der Waals surface area contributed by atoms with Gasteiger partial charge in [0, 0.05) is 24.7 Å². The lowest BCUT2D eigenvalue weighted by atomic mass is 9.75. The molecule has 0 aromatic heterocycles. The minimum atomic E-state index is 0.464. The molecule has 0 aromatic rings. The highest BCUT2D eigenvalue weighted by atomic mass is 15.2. The maximum Gasteiger partial charge on any atom is 0.0330 e. The van der Waals surface area contributed by atoms with Gasteiger partial charge < -0.3 is 15.1 Å². The minimum absolute atomic E-state index is 0.464. The number of rotatable bonds is 4. The second-order valence-corrected chi connectivity index (χ2v) is 6.42. The lowest BCUT2D eigenvalue weighted by Gasteiger charge is -2.51. The molecule has 1 N–H and O–H groups in total. The number of nitrogens with one attached hydrogen (secondary N) is 1. The van der Waals surface area contributed by atoms with Crippen molar-refractivity contribution in [1.29, 1.82) is 0 Å². The molecule has 100 valence electrons. The van der Waals surface area contributed by atoms with Crippen LogP contribution in [0.4, 0.5) is 0 Å². The summed E-state index contributed by atoms with van der Waals surface area (Å²) < 4.78 is 0. The Balaban J connectivity index is 1.93. The van der Waals surface area contributed by atoms with Crippen molar-refractivity contribution in [1.82, 2.24) is 15.1 Å². The van der Waals surface area contributed by atoms with Crippen LogP contribution in [0.5, 0.6) is 0 Å². The molecule has 0 spiro atoms. The number of hydrogen-bond acceptors (Lipinski definition) is 3. The molecule has 1 aliphatic heterocycles. The lowest BCUT2D eigenvalue weighted by molar-refractivity contribution is 0.00514. The standard InChI is InChI=1S/C14H29N3/c1-12-6-9-15-10-13(12)17(4)11-14(16(2)3)7-5-8-14/h12-13,15H,5-11H2,1-4H3. The molecule has 0 radical (unpaired) electrons. The first-order valence-corrected chi connectivity index (χ1v) is 7.13. The van der Waals surface area contributed by atoms with E-state index < -0.39 is 0 Å². The fraction of sp³-hybridized carbons (Fsp3) is 1.00. The Morgan fingerprint density at radius 3 is 2.41 bits per heavy atom. The second kappa shape index (κ2) is 5.25. The van der Waals surface area contributed by atoms with Crippen molar-refractivity contribution in [2.24, 2.45) is 5.92 Å². The Morgan fingerprint density at radius 1 is 1.24 bits per heavy atom. The molecule has 0 bridgehead atoms. The first-order chi connectivity index (χ1) is 8.05. The van der Waals surface area contributed by atoms with Crippen LogP contribution in [0, 0.1) is 5.92 Å². The van der Waals surface area contributed by atoms with E-state index in [9.17, 15) is 0 Å². The van der Waals surface area contributed by atoms with Crippen LogP contribution in [0.1, 0.15) is 32.6 Å². The summed E-state index contributed by atoms with van der Waals surface area (Å²) in [6, 6.07) is 0.723. The van der Waals surface area contributed by atoms with Gasteiger partial charge in [0.25, 0.3) is 0 Å². The predicted molar refractivity (Wildman–Crippen MR) is 73.3 cm³/mol. The molecule has 2 fully saturated rings. The van der Waals surface area contributed by atoms with Gasteiger partial charge in [-0.1, -0.05) is 6.92 Å². The smallest absolute Gasteiger partial charge is 0.0330 e. The molecule has 17 heavy (non-hydrogen) atoms. The molecule has 3 nitrogen and oxygen atoms in total. The number of hydrogen-bond donors (Lipinski definition) is 1. The van der Waals surface area contributed by atoms with Gasteiger partial charge in [-0.25, -0.2) is 0 Å². The van der Waals surface area contributed by atoms with Crippen LogP contribution in [0.3, 0.4) is 0 Å². The van der Waals surface area contributed by atoms with Crippen molar-refractivity contribution in [2.75, 3.05) is 40.8 Å². The highest BCUT2D eigenvalue weighted by Gasteiger charge is 2.41. The number of nitrogens with zero attached hydrogens (tertiary/aromatic N) is 2. The topological polar surface area (TPSA) is 18.5 Å². The van der Waals surface area contributed by atoms with Crippen molar-refractivity contribution in [2.45, 2.75) is 44.2 Å². The third-order valence-corrected chi connectivity index (χ3v) is 5.13. The van der Waals surface area contributed by atoms with Crippen LogP contribution in [0.25, 0.3) is 0 Å². The Morgan fingerprint density at radius 2 is 1.94 bits per heavy atom. The van der Waals surface area contributed by atoms with Crippen LogP contribution < -0.4 is 5.32 Å². The van der Waals surface area contributed by atoms with Gasteiger partial charge >= 0.3 is 0 Å². The molecule has 1 aliphatic carbocycles. The summed E-state index contributed by atoms with van der Waals surface area (Å²) >= 11 is 0. The van der Waals surface area contributed by atoms with Crippen LogP contribution in [-0.4, -0.2) is 62.2 Å². The van der Waals surface area contributed by atoms with Gasteiger partial charge in [-0.2, -0.15) is 0 Å². The fourth-order valence-electron chi connectivity index (χ4n) is 3.48. The van der Waals surface area contributed by atoms with Crippen LogP contribution in [0.15, 0.2) is 0 Å². The zero-order valence-corrected chi connectivity index (χ0v) is 12.0. The van der Waals surface area contributed by atoms with Crippen molar-refractivity contribution in [3.05, 3.63) is 0 Å². The third kappa shape index (κ3) is 2.67. The van der Waals surface area contributed by atoms with Gasteiger partial charge in [-0.15, -0.1) is 0 Å². The molecule has 2 aliphatic rings. The SMILES string of the molecule is CC1CCNCC1N(C)CC1(N(C)C)CCC1. The largest absolute Gasteiger partial charge is 0.315 e. The number of piperidine rings is 1. The van der Waals surface area contributed by atoms with E-state index in [0.717, 1.165) is 12.0 Å². The van der Waals surface area contributed by atoms with Crippen molar-refractivity contribution in [3.63, 3.8) is 0 Å². The molecule has 0 amide bonds. The summed E-state index contributed by atoms with van der Waals surface area (Å²) in [6.45, 7) is 6.01. The van der Waals surface area contributed by atoms with E-state index in [1.165, 1.54) is 45.3 Å². The molecule has 2 unspecified atom stereocenters. The predicted octanol–water partition coefficient (Wildman–Crippen LogP) is 1.40. The Labute approximate surface area is 107 Å². The van der Waals surface area contributed by atoms with Crippen LogP contribution >= 0.6 is 0 Å². The third-order valence-electron chi connectivity index (χ3n) is 5.13. The van der Waals surface area contributed by atoms with Crippen LogP contribution in [-0.2, 0) is 0 Å². The van der Waals surface area contributed by atoms with Gasteiger partial charge in [0.15, 0.2) is 0 Å². The average molecular weight is 239 g/mol. The summed E-state index contributed by atoms with van der Waals surface area (Å²) in [6.07, 6.45) is 5.48. The quantitative estimate of drug-likeness (QED) is 0.800. The first-order valence-electron chi connectivity index (χ1n) is 7.13. The normalized spacial score (nSPS) is 32.8. The first kappa shape index (κ1) is 13.3. The summed E-state index contributed by atoms with van der Waals surface area (Å²) in [5.41, 5.74) is 0.464. The molecular formula is C14H29N3. The van der Waals surface area contributed by atoms with Crippen LogP contribution in [0.2, 0.25) is 0 Å². The second-order valence-electron chi connectivity index (χ2n) is 6.42.